The number of nitrogens with two attached hydrogens (primary N) is 1. The second kappa shape index (κ2) is 4.43. The Hall–Kier alpha value is -1.07. The fraction of sp³-hybridized carbons (Fsp3) is 0.600. The highest BCUT2D eigenvalue weighted by molar-refractivity contribution is 6.32. The number of aliphatic hydroxyl groups is 1. The summed E-state index contributed by atoms with van der Waals surface area (Å²) in [6.45, 7) is 0.993. The summed E-state index contributed by atoms with van der Waals surface area (Å²) >= 11 is 5.78. The van der Waals surface area contributed by atoms with E-state index in [0.29, 0.717) is 11.5 Å². The molecule has 0 spiro atoms. The van der Waals surface area contributed by atoms with E-state index in [-0.39, 0.29) is 17.2 Å². The number of halogens is 1. The van der Waals surface area contributed by atoms with Crippen LogP contribution >= 0.6 is 11.6 Å². The van der Waals surface area contributed by atoms with Gasteiger partial charge in [0, 0.05) is 13.2 Å². The third-order valence-electron chi connectivity index (χ3n) is 3.07. The normalized spacial score (nSPS) is 17.1. The Morgan fingerprint density at radius 1 is 1.50 bits per heavy atom. The molecule has 0 amide bonds. The zero-order chi connectivity index (χ0) is 11.6. The predicted octanol–water partition coefficient (Wildman–Crippen LogP) is 1.29. The van der Waals surface area contributed by atoms with Crippen molar-refractivity contribution >= 4 is 23.1 Å². The van der Waals surface area contributed by atoms with Gasteiger partial charge in [0.1, 0.15) is 12.0 Å². The minimum Gasteiger partial charge on any atom is -0.396 e. The van der Waals surface area contributed by atoms with Crippen LogP contribution in [0.4, 0.5) is 11.5 Å². The average Bonchev–Trinajstić information content (AvgIpc) is 3.02. The van der Waals surface area contributed by atoms with E-state index in [2.05, 4.69) is 15.3 Å². The van der Waals surface area contributed by atoms with Crippen molar-refractivity contribution in [1.29, 1.82) is 0 Å². The molecule has 1 saturated carbocycles. The van der Waals surface area contributed by atoms with Gasteiger partial charge < -0.3 is 16.2 Å². The molecule has 1 fully saturated rings. The Balaban J connectivity index is 1.97. The van der Waals surface area contributed by atoms with Gasteiger partial charge in [0.2, 0.25) is 0 Å². The molecule has 0 saturated heterocycles. The van der Waals surface area contributed by atoms with Gasteiger partial charge in [-0.3, -0.25) is 0 Å². The molecule has 0 aromatic carbocycles. The van der Waals surface area contributed by atoms with Crippen LogP contribution in [-0.2, 0) is 0 Å². The van der Waals surface area contributed by atoms with Gasteiger partial charge in [-0.25, -0.2) is 9.97 Å². The molecule has 0 aliphatic heterocycles. The van der Waals surface area contributed by atoms with E-state index in [4.69, 9.17) is 22.4 Å². The number of hydrogen-bond donors (Lipinski definition) is 3. The van der Waals surface area contributed by atoms with E-state index < -0.39 is 0 Å². The zero-order valence-electron chi connectivity index (χ0n) is 8.91. The summed E-state index contributed by atoms with van der Waals surface area (Å²) < 4.78 is 0. The molecule has 2 rings (SSSR count). The van der Waals surface area contributed by atoms with Crippen LogP contribution < -0.4 is 11.1 Å². The highest BCUT2D eigenvalue weighted by Gasteiger charge is 2.41. The monoisotopic (exact) mass is 242 g/mol. The first kappa shape index (κ1) is 11.4. The van der Waals surface area contributed by atoms with E-state index in [1.54, 1.807) is 0 Å². The maximum Gasteiger partial charge on any atom is 0.157 e. The smallest absolute Gasteiger partial charge is 0.157 e. The molecule has 5 nitrogen and oxygen atoms in total. The molecular weight excluding hydrogens is 228 g/mol. The maximum atomic E-state index is 8.94. The van der Waals surface area contributed by atoms with Crippen LogP contribution in [0.2, 0.25) is 5.15 Å². The van der Waals surface area contributed by atoms with Crippen molar-refractivity contribution in [2.45, 2.75) is 19.3 Å². The summed E-state index contributed by atoms with van der Waals surface area (Å²) in [4.78, 5) is 7.82. The predicted molar refractivity (Wildman–Crippen MR) is 63.3 cm³/mol. The molecule has 1 aliphatic carbocycles. The molecule has 88 valence electrons. The molecule has 0 atom stereocenters. The van der Waals surface area contributed by atoms with Crippen molar-refractivity contribution in [2.75, 3.05) is 24.2 Å². The Kier molecular flexibility index (Phi) is 3.16. The largest absolute Gasteiger partial charge is 0.396 e. The number of rotatable bonds is 5. The van der Waals surface area contributed by atoms with Crippen LogP contribution in [0.1, 0.15) is 19.3 Å². The van der Waals surface area contributed by atoms with Gasteiger partial charge in [0.15, 0.2) is 11.0 Å². The lowest BCUT2D eigenvalue weighted by Gasteiger charge is -2.15. The Bertz CT molecular complexity index is 381. The van der Waals surface area contributed by atoms with Gasteiger partial charge in [-0.1, -0.05) is 11.6 Å². The summed E-state index contributed by atoms with van der Waals surface area (Å²) in [6.07, 6.45) is 4.48. The molecule has 0 radical (unpaired) electrons. The fourth-order valence-corrected chi connectivity index (χ4v) is 1.85. The van der Waals surface area contributed by atoms with Crippen LogP contribution in [0.3, 0.4) is 0 Å². The van der Waals surface area contributed by atoms with E-state index >= 15 is 0 Å². The number of nitrogen functional groups attached to an aromatic ring is 1. The molecular formula is C10H15ClN4O. The lowest BCUT2D eigenvalue weighted by Crippen LogP contribution is -2.18. The molecule has 1 aliphatic rings. The second-order valence-corrected chi connectivity index (χ2v) is 4.61. The van der Waals surface area contributed by atoms with Crippen LogP contribution in [0, 0.1) is 5.41 Å². The number of aliphatic hydroxyl groups excluding tert-OH is 1. The van der Waals surface area contributed by atoms with E-state index in [1.165, 1.54) is 6.33 Å². The second-order valence-electron chi connectivity index (χ2n) is 4.25. The first-order chi connectivity index (χ1) is 7.67. The molecule has 1 heterocycles. The van der Waals surface area contributed by atoms with Gasteiger partial charge in [0.25, 0.3) is 0 Å². The zero-order valence-corrected chi connectivity index (χ0v) is 9.67. The first-order valence-corrected chi connectivity index (χ1v) is 5.65. The number of nitrogens with one attached hydrogen (secondary N) is 1. The average molecular weight is 243 g/mol. The molecule has 16 heavy (non-hydrogen) atoms. The van der Waals surface area contributed by atoms with Crippen molar-refractivity contribution in [3.8, 4) is 0 Å². The van der Waals surface area contributed by atoms with Gasteiger partial charge >= 0.3 is 0 Å². The number of aromatic nitrogens is 2. The Labute approximate surface area is 99.0 Å². The molecule has 0 unspecified atom stereocenters. The molecule has 1 aromatic rings. The topological polar surface area (TPSA) is 84.1 Å². The Morgan fingerprint density at radius 2 is 2.25 bits per heavy atom. The standard InChI is InChI=1S/C10H15ClN4O/c11-8-7(12)9(15-6-14-8)13-5-10(1-2-10)3-4-16/h6,16H,1-5,12H2,(H,13,14,15). The van der Waals surface area contributed by atoms with Gasteiger partial charge in [-0.2, -0.15) is 0 Å². The number of nitrogens with zero attached hydrogens (tertiary/aromatic N) is 2. The lowest BCUT2D eigenvalue weighted by molar-refractivity contribution is 0.253. The quantitative estimate of drug-likeness (QED) is 0.678. The summed E-state index contributed by atoms with van der Waals surface area (Å²) in [6, 6.07) is 0. The van der Waals surface area contributed by atoms with Crippen LogP contribution in [0.15, 0.2) is 6.33 Å². The van der Waals surface area contributed by atoms with Crippen molar-refractivity contribution in [2.24, 2.45) is 5.41 Å². The third-order valence-corrected chi connectivity index (χ3v) is 3.37. The summed E-state index contributed by atoms with van der Waals surface area (Å²) in [5.74, 6) is 0.573. The minimum atomic E-state index is 0.221. The third kappa shape index (κ3) is 2.36. The lowest BCUT2D eigenvalue weighted by atomic mass is 10.0. The molecule has 6 heteroatoms. The van der Waals surface area contributed by atoms with E-state index in [1.807, 2.05) is 0 Å². The maximum absolute atomic E-state index is 8.94. The van der Waals surface area contributed by atoms with E-state index in [0.717, 1.165) is 25.8 Å². The van der Waals surface area contributed by atoms with Crippen molar-refractivity contribution < 1.29 is 5.11 Å². The van der Waals surface area contributed by atoms with Gasteiger partial charge in [0.05, 0.1) is 0 Å². The molecule has 4 N–H and O–H groups in total. The van der Waals surface area contributed by atoms with Crippen LogP contribution in [-0.4, -0.2) is 28.2 Å². The summed E-state index contributed by atoms with van der Waals surface area (Å²) in [5.41, 5.74) is 6.34. The highest BCUT2D eigenvalue weighted by Crippen LogP contribution is 2.48. The Morgan fingerprint density at radius 3 is 2.88 bits per heavy atom. The van der Waals surface area contributed by atoms with Gasteiger partial charge in [-0.05, 0) is 24.7 Å². The summed E-state index contributed by atoms with van der Waals surface area (Å²) in [7, 11) is 0. The van der Waals surface area contributed by atoms with Crippen LogP contribution in [0.25, 0.3) is 0 Å². The van der Waals surface area contributed by atoms with Crippen LogP contribution in [0.5, 0.6) is 0 Å². The highest BCUT2D eigenvalue weighted by atomic mass is 35.5. The summed E-state index contributed by atoms with van der Waals surface area (Å²) in [5, 5.41) is 12.4. The minimum absolute atomic E-state index is 0.221. The first-order valence-electron chi connectivity index (χ1n) is 5.28. The van der Waals surface area contributed by atoms with Crippen molar-refractivity contribution in [3.63, 3.8) is 0 Å². The van der Waals surface area contributed by atoms with Crippen molar-refractivity contribution in [3.05, 3.63) is 11.5 Å². The SMILES string of the molecule is Nc1c(Cl)ncnc1NCC1(CCO)CC1. The van der Waals surface area contributed by atoms with E-state index in [9.17, 15) is 0 Å². The fourth-order valence-electron chi connectivity index (χ4n) is 1.72. The number of hydrogen-bond acceptors (Lipinski definition) is 5. The van der Waals surface area contributed by atoms with Crippen molar-refractivity contribution in [1.82, 2.24) is 9.97 Å². The van der Waals surface area contributed by atoms with Gasteiger partial charge in [-0.15, -0.1) is 0 Å². The molecule has 1 aromatic heterocycles. The molecule has 0 bridgehead atoms. The number of anilines is 2.